The van der Waals surface area contributed by atoms with Crippen molar-refractivity contribution in [1.82, 2.24) is 9.80 Å². The normalized spacial score (nSPS) is 19.0. The van der Waals surface area contributed by atoms with Gasteiger partial charge in [-0.1, -0.05) is 42.5 Å². The number of aliphatic hydroxyl groups is 1. The molecule has 0 bridgehead atoms. The summed E-state index contributed by atoms with van der Waals surface area (Å²) < 4.78 is 5.36. The van der Waals surface area contributed by atoms with Gasteiger partial charge in [0, 0.05) is 24.3 Å². The van der Waals surface area contributed by atoms with Gasteiger partial charge in [0.15, 0.2) is 6.04 Å². The molecule has 1 N–H and O–H groups in total. The van der Waals surface area contributed by atoms with Crippen molar-refractivity contribution in [2.24, 2.45) is 0 Å². The third kappa shape index (κ3) is 5.41. The molecule has 0 saturated carbocycles. The lowest BCUT2D eigenvalue weighted by Gasteiger charge is -2.51. The fourth-order valence-electron chi connectivity index (χ4n) is 5.18. The fraction of sp³-hybridized carbons (Fsp3) is 0.200. The summed E-state index contributed by atoms with van der Waals surface area (Å²) in [5.41, 5.74) is 0.233. The molecule has 2 aliphatic heterocycles. The molecule has 0 aliphatic carbocycles. The molecule has 0 radical (unpaired) electrons. The van der Waals surface area contributed by atoms with Gasteiger partial charge < -0.3 is 14.7 Å². The second-order valence-corrected chi connectivity index (χ2v) is 10.1. The zero-order valence-corrected chi connectivity index (χ0v) is 23.0. The number of fused-ring (bicyclic) bond motifs is 1. The summed E-state index contributed by atoms with van der Waals surface area (Å²) in [4.78, 5) is 76.2. The molecule has 5 rings (SSSR count). The van der Waals surface area contributed by atoms with Crippen molar-refractivity contribution in [3.8, 4) is 0 Å². The lowest BCUT2D eigenvalue weighted by molar-refractivity contribution is -0.385. The summed E-state index contributed by atoms with van der Waals surface area (Å²) in [5.74, 6) is -3.54. The first-order valence-corrected chi connectivity index (χ1v) is 13.3. The van der Waals surface area contributed by atoms with Crippen LogP contribution in [0.4, 0.5) is 11.4 Å². The van der Waals surface area contributed by atoms with Crippen LogP contribution in [0.25, 0.3) is 6.08 Å². The lowest BCUT2D eigenvalue weighted by atomic mass is 9.88. The predicted octanol–water partition coefficient (Wildman–Crippen LogP) is 2.88. The van der Waals surface area contributed by atoms with Gasteiger partial charge in [0.05, 0.1) is 33.1 Å². The summed E-state index contributed by atoms with van der Waals surface area (Å²) in [6.07, 6.45) is 1.70. The molecule has 44 heavy (non-hydrogen) atoms. The number of rotatable bonds is 10. The Balaban J connectivity index is 1.44. The fourth-order valence-corrected chi connectivity index (χ4v) is 5.18. The van der Waals surface area contributed by atoms with Gasteiger partial charge in [-0.3, -0.25) is 39.5 Å². The maximum atomic E-state index is 13.7. The van der Waals surface area contributed by atoms with E-state index in [-0.39, 0.29) is 23.4 Å². The van der Waals surface area contributed by atoms with E-state index < -0.39 is 63.5 Å². The van der Waals surface area contributed by atoms with Crippen LogP contribution in [0.1, 0.15) is 38.8 Å². The number of carbonyl (C=O) groups excluding carboxylic acids is 4. The molecule has 1 fully saturated rings. The van der Waals surface area contributed by atoms with Crippen molar-refractivity contribution in [2.45, 2.75) is 37.8 Å². The van der Waals surface area contributed by atoms with Crippen LogP contribution in [0.2, 0.25) is 0 Å². The Labute approximate surface area is 249 Å². The third-order valence-corrected chi connectivity index (χ3v) is 7.35. The van der Waals surface area contributed by atoms with E-state index in [9.17, 15) is 44.5 Å². The largest absolute Gasteiger partial charge is 0.459 e. The number of nitro groups is 2. The van der Waals surface area contributed by atoms with E-state index in [1.165, 1.54) is 37.3 Å². The molecule has 2 heterocycles. The number of hydrogen-bond donors (Lipinski definition) is 1. The number of ether oxygens (including phenoxy) is 1. The summed E-state index contributed by atoms with van der Waals surface area (Å²) in [5, 5.41) is 32.8. The summed E-state index contributed by atoms with van der Waals surface area (Å²) in [6, 6.07) is 13.3. The standard InChI is InChI=1S/C30H24N4O10/c1-17(35)25(30(39)44-16-19-7-10-20(11-8-19)33(40)41)31-24(14-9-18-5-3-2-4-6-18)26(29(31)38)32-27(36)22-13-12-21(34(42)43)15-23(22)28(32)37/h2-15,17,24-26,35H,16H2,1H3/t17-,24?,25?,26?/m1/s1. The monoisotopic (exact) mass is 600 g/mol. The zero-order valence-electron chi connectivity index (χ0n) is 23.0. The Morgan fingerprint density at radius 2 is 1.55 bits per heavy atom. The van der Waals surface area contributed by atoms with E-state index >= 15 is 0 Å². The molecular weight excluding hydrogens is 576 g/mol. The number of non-ortho nitro benzene ring substituents is 2. The molecule has 14 nitrogen and oxygen atoms in total. The first-order valence-electron chi connectivity index (χ1n) is 13.3. The Hall–Kier alpha value is -5.76. The second kappa shape index (κ2) is 11.9. The first-order chi connectivity index (χ1) is 21.0. The highest BCUT2D eigenvalue weighted by Crippen LogP contribution is 2.37. The molecular formula is C30H24N4O10. The van der Waals surface area contributed by atoms with Crippen LogP contribution in [0.15, 0.2) is 78.9 Å². The number of β-lactam (4-membered cyclic amide) rings is 1. The van der Waals surface area contributed by atoms with Crippen molar-refractivity contribution in [1.29, 1.82) is 0 Å². The molecule has 1 saturated heterocycles. The molecule has 14 heteroatoms. The van der Waals surface area contributed by atoms with Crippen molar-refractivity contribution in [2.75, 3.05) is 0 Å². The molecule has 3 amide bonds. The SMILES string of the molecule is C[C@@H](O)C(C(=O)OCc1ccc([N+](=O)[O-])cc1)N1C(=O)C(N2C(=O)c3ccc([N+](=O)[O-])cc3C2=O)C1C=Cc1ccccc1. The number of likely N-dealkylation sites (tertiary alicyclic amines) is 1. The van der Waals surface area contributed by atoms with Crippen LogP contribution in [0, 0.1) is 20.2 Å². The number of benzene rings is 3. The number of esters is 1. The Bertz CT molecular complexity index is 1700. The number of imide groups is 1. The van der Waals surface area contributed by atoms with Crippen molar-refractivity contribution in [3.63, 3.8) is 0 Å². The Morgan fingerprint density at radius 3 is 2.16 bits per heavy atom. The highest BCUT2D eigenvalue weighted by molar-refractivity contribution is 6.23. The van der Waals surface area contributed by atoms with E-state index in [0.717, 1.165) is 23.1 Å². The van der Waals surface area contributed by atoms with Gasteiger partial charge in [-0.05, 0) is 36.2 Å². The molecule has 3 unspecified atom stereocenters. The van der Waals surface area contributed by atoms with Crippen molar-refractivity contribution < 1.29 is 38.9 Å². The third-order valence-electron chi connectivity index (χ3n) is 7.35. The van der Waals surface area contributed by atoms with Crippen molar-refractivity contribution in [3.05, 3.63) is 121 Å². The average Bonchev–Trinajstić information content (AvgIpc) is 3.25. The van der Waals surface area contributed by atoms with Crippen molar-refractivity contribution >= 4 is 41.1 Å². The minimum absolute atomic E-state index is 0.104. The zero-order chi connectivity index (χ0) is 31.7. The van der Waals surface area contributed by atoms with Crippen LogP contribution in [-0.4, -0.2) is 72.7 Å². The first kappa shape index (κ1) is 29.7. The maximum absolute atomic E-state index is 13.7. The molecule has 224 valence electrons. The van der Waals surface area contributed by atoms with Crippen LogP contribution in [-0.2, 0) is 20.9 Å². The predicted molar refractivity (Wildman–Crippen MR) is 152 cm³/mol. The minimum Gasteiger partial charge on any atom is -0.459 e. The molecule has 3 aromatic carbocycles. The maximum Gasteiger partial charge on any atom is 0.331 e. The number of aliphatic hydroxyl groups excluding tert-OH is 1. The van der Waals surface area contributed by atoms with Crippen LogP contribution >= 0.6 is 0 Å². The Morgan fingerprint density at radius 1 is 0.932 bits per heavy atom. The number of nitrogens with zero attached hydrogens (tertiary/aromatic N) is 4. The van der Waals surface area contributed by atoms with E-state index in [4.69, 9.17) is 4.74 Å². The average molecular weight is 601 g/mol. The topological polar surface area (TPSA) is 190 Å². The van der Waals surface area contributed by atoms with Gasteiger partial charge in [0.2, 0.25) is 5.91 Å². The van der Waals surface area contributed by atoms with Gasteiger partial charge in [-0.15, -0.1) is 0 Å². The highest BCUT2D eigenvalue weighted by Gasteiger charge is 2.59. The van der Waals surface area contributed by atoms with E-state index in [1.807, 2.05) is 0 Å². The van der Waals surface area contributed by atoms with Gasteiger partial charge in [-0.25, -0.2) is 4.79 Å². The number of nitro benzene ring substituents is 2. The van der Waals surface area contributed by atoms with Gasteiger partial charge in [0.1, 0.15) is 12.6 Å². The minimum atomic E-state index is -1.54. The van der Waals surface area contributed by atoms with Gasteiger partial charge in [-0.2, -0.15) is 0 Å². The number of carbonyl (C=O) groups is 4. The lowest BCUT2D eigenvalue weighted by Crippen LogP contribution is -2.75. The summed E-state index contributed by atoms with van der Waals surface area (Å²) >= 11 is 0. The van der Waals surface area contributed by atoms with E-state index in [1.54, 1.807) is 36.4 Å². The molecule has 2 aliphatic rings. The summed E-state index contributed by atoms with van der Waals surface area (Å²) in [7, 11) is 0. The van der Waals surface area contributed by atoms with Crippen LogP contribution < -0.4 is 0 Å². The van der Waals surface area contributed by atoms with Gasteiger partial charge in [0.25, 0.3) is 23.2 Å². The van der Waals surface area contributed by atoms with Crippen LogP contribution in [0.5, 0.6) is 0 Å². The van der Waals surface area contributed by atoms with Crippen LogP contribution in [0.3, 0.4) is 0 Å². The van der Waals surface area contributed by atoms with E-state index in [0.29, 0.717) is 16.0 Å². The summed E-state index contributed by atoms with van der Waals surface area (Å²) in [6.45, 7) is 0.963. The smallest absolute Gasteiger partial charge is 0.331 e. The van der Waals surface area contributed by atoms with Gasteiger partial charge >= 0.3 is 5.97 Å². The molecule has 0 spiro atoms. The highest BCUT2D eigenvalue weighted by atomic mass is 16.6. The molecule has 3 aromatic rings. The second-order valence-electron chi connectivity index (χ2n) is 10.1. The number of amides is 3. The number of hydrogen-bond acceptors (Lipinski definition) is 10. The quantitative estimate of drug-likeness (QED) is 0.119. The molecule has 4 atom stereocenters. The van der Waals surface area contributed by atoms with E-state index in [2.05, 4.69) is 0 Å². The molecule has 0 aromatic heterocycles. The Kier molecular flexibility index (Phi) is 8.01.